The summed E-state index contributed by atoms with van der Waals surface area (Å²) < 4.78 is 9.96. The fourth-order valence-corrected chi connectivity index (χ4v) is 2.54. The topological polar surface area (TPSA) is 42.1 Å². The average molecular weight is 277 g/mol. The Kier molecular flexibility index (Phi) is 4.65. The largest absolute Gasteiger partial charge is 0.442 e. The molecule has 20 heavy (non-hydrogen) atoms. The number of carbonyl (C=O) groups excluding carboxylic acids is 1. The van der Waals surface area contributed by atoms with Crippen LogP contribution in [-0.2, 0) is 20.7 Å². The second-order valence-corrected chi connectivity index (χ2v) is 5.44. The maximum Gasteiger partial charge on any atom is 0.304 e. The Labute approximate surface area is 120 Å². The zero-order valence-electron chi connectivity index (χ0n) is 12.6. The van der Waals surface area contributed by atoms with E-state index in [1.165, 1.54) is 18.2 Å². The Morgan fingerprint density at radius 1 is 1.40 bits per heavy atom. The van der Waals surface area contributed by atoms with Gasteiger partial charge in [0.1, 0.15) is 0 Å². The first-order valence-electron chi connectivity index (χ1n) is 7.14. The minimum absolute atomic E-state index is 0.198. The Morgan fingerprint density at radius 3 is 2.55 bits per heavy atom. The molecule has 3 unspecified atom stereocenters. The van der Waals surface area contributed by atoms with Crippen LogP contribution in [0.15, 0.2) is 24.3 Å². The number of hydrogen-bond donors (Lipinski definition) is 0. The summed E-state index contributed by atoms with van der Waals surface area (Å²) >= 11 is 0. The Morgan fingerprint density at radius 2 is 2.00 bits per heavy atom. The highest BCUT2D eigenvalue weighted by Gasteiger charge is 2.30. The molecule has 4 heteroatoms. The van der Waals surface area contributed by atoms with Crippen LogP contribution in [0.25, 0.3) is 0 Å². The maximum atomic E-state index is 11.0. The van der Waals surface area contributed by atoms with E-state index in [2.05, 4.69) is 30.9 Å². The zero-order valence-corrected chi connectivity index (χ0v) is 12.6. The van der Waals surface area contributed by atoms with Crippen molar-refractivity contribution < 1.29 is 14.3 Å². The van der Waals surface area contributed by atoms with Crippen LogP contribution in [0.5, 0.6) is 0 Å². The summed E-state index contributed by atoms with van der Waals surface area (Å²) in [6.45, 7) is 8.56. The van der Waals surface area contributed by atoms with Gasteiger partial charge in [-0.3, -0.25) is 4.79 Å². The zero-order chi connectivity index (χ0) is 14.7. The van der Waals surface area contributed by atoms with E-state index in [4.69, 9.17) is 9.47 Å². The summed E-state index contributed by atoms with van der Waals surface area (Å²) in [6, 6.07) is 8.66. The molecule has 0 N–H and O–H groups in total. The van der Waals surface area contributed by atoms with Gasteiger partial charge in [-0.05, 0) is 38.8 Å². The predicted molar refractivity (Wildman–Crippen MR) is 78.7 cm³/mol. The molecule has 3 rings (SSSR count). The van der Waals surface area contributed by atoms with Gasteiger partial charge in [0.25, 0.3) is 0 Å². The van der Waals surface area contributed by atoms with E-state index in [9.17, 15) is 4.79 Å². The van der Waals surface area contributed by atoms with Gasteiger partial charge in [-0.1, -0.05) is 18.2 Å². The lowest BCUT2D eigenvalue weighted by molar-refractivity contribution is -0.145. The van der Waals surface area contributed by atoms with Crippen molar-refractivity contribution in [3.63, 3.8) is 0 Å². The quantitative estimate of drug-likeness (QED) is 0.616. The number of rotatable bonds is 2. The minimum atomic E-state index is -0.232. The predicted octanol–water partition coefficient (Wildman–Crippen LogP) is 2.75. The van der Waals surface area contributed by atoms with E-state index in [0.29, 0.717) is 12.1 Å². The number of anilines is 1. The summed E-state index contributed by atoms with van der Waals surface area (Å²) in [6.07, 6.45) is 1.40. The Bertz CT molecular complexity index is 471. The molecule has 2 aliphatic heterocycles. The summed E-state index contributed by atoms with van der Waals surface area (Å²) in [5.41, 5.74) is 2.51. The van der Waals surface area contributed by atoms with Gasteiger partial charge in [0.2, 0.25) is 0 Å². The van der Waals surface area contributed by atoms with E-state index in [1.54, 1.807) is 0 Å². The molecule has 0 aliphatic carbocycles. The minimum Gasteiger partial charge on any atom is -0.442 e. The number of benzene rings is 1. The normalized spacial score (nSPS) is 24.3. The van der Waals surface area contributed by atoms with Crippen molar-refractivity contribution in [3.05, 3.63) is 29.8 Å². The first kappa shape index (κ1) is 14.9. The lowest BCUT2D eigenvalue weighted by atomic mass is 10.1. The SMILES string of the molecule is CC(=O)OC(C)N1c2ccccc2CC1C.CC1CO1. The van der Waals surface area contributed by atoms with Gasteiger partial charge in [0.15, 0.2) is 6.23 Å². The molecular formula is C16H23NO3. The van der Waals surface area contributed by atoms with Crippen LogP contribution >= 0.6 is 0 Å². The molecule has 2 heterocycles. The number of ether oxygens (including phenoxy) is 2. The van der Waals surface area contributed by atoms with Crippen molar-refractivity contribution in [2.75, 3.05) is 11.5 Å². The Balaban J connectivity index is 0.000000315. The molecule has 0 radical (unpaired) electrons. The van der Waals surface area contributed by atoms with Crippen LogP contribution in [0, 0.1) is 0 Å². The van der Waals surface area contributed by atoms with Gasteiger partial charge in [-0.2, -0.15) is 0 Å². The van der Waals surface area contributed by atoms with Gasteiger partial charge < -0.3 is 14.4 Å². The van der Waals surface area contributed by atoms with Crippen molar-refractivity contribution in [3.8, 4) is 0 Å². The van der Waals surface area contributed by atoms with Crippen LogP contribution in [0.2, 0.25) is 0 Å². The van der Waals surface area contributed by atoms with Crippen LogP contribution in [0.3, 0.4) is 0 Å². The molecule has 1 aromatic rings. The summed E-state index contributed by atoms with van der Waals surface area (Å²) in [4.78, 5) is 13.1. The third-order valence-corrected chi connectivity index (χ3v) is 3.49. The van der Waals surface area contributed by atoms with Crippen molar-refractivity contribution >= 4 is 11.7 Å². The number of carbonyl (C=O) groups is 1. The highest BCUT2D eigenvalue weighted by molar-refractivity contribution is 5.67. The van der Waals surface area contributed by atoms with E-state index < -0.39 is 0 Å². The highest BCUT2D eigenvalue weighted by atomic mass is 16.6. The fourth-order valence-electron chi connectivity index (χ4n) is 2.54. The first-order valence-corrected chi connectivity index (χ1v) is 7.14. The van der Waals surface area contributed by atoms with Gasteiger partial charge in [0.05, 0.1) is 12.7 Å². The van der Waals surface area contributed by atoms with E-state index >= 15 is 0 Å². The molecule has 110 valence electrons. The molecular weight excluding hydrogens is 254 g/mol. The molecule has 3 atom stereocenters. The van der Waals surface area contributed by atoms with Crippen molar-refractivity contribution in [2.45, 2.75) is 52.5 Å². The van der Waals surface area contributed by atoms with Gasteiger partial charge in [-0.15, -0.1) is 0 Å². The van der Waals surface area contributed by atoms with Crippen molar-refractivity contribution in [1.29, 1.82) is 0 Å². The molecule has 1 fully saturated rings. The number of fused-ring (bicyclic) bond motifs is 1. The maximum absolute atomic E-state index is 11.0. The molecule has 0 spiro atoms. The number of nitrogens with zero attached hydrogens (tertiary/aromatic N) is 1. The first-order chi connectivity index (χ1) is 9.49. The number of epoxide rings is 1. The summed E-state index contributed by atoms with van der Waals surface area (Å²) in [5.74, 6) is -0.232. The fraction of sp³-hybridized carbons (Fsp3) is 0.562. The Hall–Kier alpha value is -1.55. The van der Waals surface area contributed by atoms with Gasteiger partial charge in [0, 0.05) is 18.7 Å². The molecule has 0 saturated carbocycles. The van der Waals surface area contributed by atoms with E-state index in [0.717, 1.165) is 13.0 Å². The second-order valence-electron chi connectivity index (χ2n) is 5.44. The van der Waals surface area contributed by atoms with Crippen LogP contribution in [0.1, 0.15) is 33.3 Å². The molecule has 4 nitrogen and oxygen atoms in total. The molecule has 2 aliphatic rings. The average Bonchev–Trinajstić information content (AvgIpc) is 3.07. The number of para-hydroxylation sites is 1. The molecule has 0 bridgehead atoms. The van der Waals surface area contributed by atoms with Crippen molar-refractivity contribution in [2.24, 2.45) is 0 Å². The third-order valence-electron chi connectivity index (χ3n) is 3.49. The molecule has 1 aromatic carbocycles. The van der Waals surface area contributed by atoms with Crippen LogP contribution in [-0.4, -0.2) is 30.9 Å². The second kappa shape index (κ2) is 6.27. The smallest absolute Gasteiger partial charge is 0.304 e. The van der Waals surface area contributed by atoms with Gasteiger partial charge >= 0.3 is 5.97 Å². The van der Waals surface area contributed by atoms with Crippen LogP contribution in [0.4, 0.5) is 5.69 Å². The standard InChI is InChI=1S/C13H17NO2.C3H6O/c1-9-8-12-6-4-5-7-13(12)14(9)10(2)16-11(3)15;1-3-2-4-3/h4-7,9-10H,8H2,1-3H3;3H,2H2,1H3. The van der Waals surface area contributed by atoms with Crippen LogP contribution < -0.4 is 4.90 Å². The number of hydrogen-bond acceptors (Lipinski definition) is 4. The lowest BCUT2D eigenvalue weighted by Gasteiger charge is -2.30. The molecule has 1 saturated heterocycles. The molecule has 0 aromatic heterocycles. The van der Waals surface area contributed by atoms with E-state index in [-0.39, 0.29) is 12.2 Å². The summed E-state index contributed by atoms with van der Waals surface area (Å²) in [5, 5.41) is 0. The lowest BCUT2D eigenvalue weighted by Crippen LogP contribution is -2.40. The third kappa shape index (κ3) is 3.73. The highest BCUT2D eigenvalue weighted by Crippen LogP contribution is 2.33. The molecule has 0 amide bonds. The monoisotopic (exact) mass is 277 g/mol. The summed E-state index contributed by atoms with van der Waals surface area (Å²) in [7, 11) is 0. The van der Waals surface area contributed by atoms with Gasteiger partial charge in [-0.25, -0.2) is 0 Å². The van der Waals surface area contributed by atoms with E-state index in [1.807, 2.05) is 19.1 Å². The van der Waals surface area contributed by atoms with Crippen molar-refractivity contribution in [1.82, 2.24) is 0 Å². The number of esters is 1.